The highest BCUT2D eigenvalue weighted by molar-refractivity contribution is 5.38. The Morgan fingerprint density at radius 1 is 1.08 bits per heavy atom. The molecule has 0 aromatic heterocycles. The van der Waals surface area contributed by atoms with E-state index in [-0.39, 0.29) is 6.17 Å². The first-order chi connectivity index (χ1) is 5.88. The molecule has 1 heterocycles. The number of hydrogen-bond acceptors (Lipinski definition) is 2. The van der Waals surface area contributed by atoms with Crippen molar-refractivity contribution >= 4 is 0 Å². The summed E-state index contributed by atoms with van der Waals surface area (Å²) in [5.74, 6) is 0. The van der Waals surface area contributed by atoms with Crippen molar-refractivity contribution in [1.29, 1.82) is 0 Å². The van der Waals surface area contributed by atoms with Crippen molar-refractivity contribution in [3.63, 3.8) is 0 Å². The summed E-state index contributed by atoms with van der Waals surface area (Å²) in [6.45, 7) is 0. The first-order valence-electron chi connectivity index (χ1n) is 4.11. The molecule has 0 bridgehead atoms. The van der Waals surface area contributed by atoms with Crippen LogP contribution in [0.3, 0.4) is 0 Å². The summed E-state index contributed by atoms with van der Waals surface area (Å²) >= 11 is 0. The van der Waals surface area contributed by atoms with E-state index >= 15 is 0 Å². The number of allylic oxidation sites excluding steroid dienone is 6. The molecule has 1 fully saturated rings. The molecule has 2 aliphatic rings. The molecule has 0 amide bonds. The van der Waals surface area contributed by atoms with Gasteiger partial charge in [0, 0.05) is 0 Å². The summed E-state index contributed by atoms with van der Waals surface area (Å²) in [4.78, 5) is 0. The molecule has 0 aromatic carbocycles. The van der Waals surface area contributed by atoms with Crippen LogP contribution in [0.1, 0.15) is 0 Å². The number of hydrogen-bond donors (Lipinski definition) is 2. The van der Waals surface area contributed by atoms with Crippen molar-refractivity contribution in [2.24, 2.45) is 5.73 Å². The standard InChI is InChI=1S/C10H12N2/c11-10-9(12-10)8-6-4-2-1-3-5-7-8/h1-7,9-10,12H,11H2/b2-1-,3-1?,4-2?,5-3-,6-4?,7-5?,8-6?,8-7?. The fraction of sp³-hybridized carbons (Fsp3) is 0.200. The molecule has 0 radical (unpaired) electrons. The van der Waals surface area contributed by atoms with Crippen LogP contribution < -0.4 is 11.1 Å². The Morgan fingerprint density at radius 3 is 2.50 bits per heavy atom. The predicted molar refractivity (Wildman–Crippen MR) is 50.4 cm³/mol. The first-order valence-corrected chi connectivity index (χ1v) is 4.11. The van der Waals surface area contributed by atoms with Gasteiger partial charge < -0.3 is 5.73 Å². The number of rotatable bonds is 1. The SMILES string of the molecule is NC1NC1C1=C/C=C\C=C/C=C1. The first kappa shape index (κ1) is 7.53. The summed E-state index contributed by atoms with van der Waals surface area (Å²) in [6.07, 6.45) is 14.4. The summed E-state index contributed by atoms with van der Waals surface area (Å²) in [5.41, 5.74) is 6.91. The van der Waals surface area contributed by atoms with Gasteiger partial charge in [-0.3, -0.25) is 5.32 Å². The van der Waals surface area contributed by atoms with E-state index in [1.54, 1.807) is 0 Å². The van der Waals surface area contributed by atoms with Gasteiger partial charge in [-0.05, 0) is 5.57 Å². The minimum absolute atomic E-state index is 0.151. The van der Waals surface area contributed by atoms with Gasteiger partial charge in [-0.1, -0.05) is 42.5 Å². The predicted octanol–water partition coefficient (Wildman–Crippen LogP) is 0.852. The Morgan fingerprint density at radius 2 is 1.75 bits per heavy atom. The zero-order chi connectivity index (χ0) is 8.39. The van der Waals surface area contributed by atoms with Gasteiger partial charge in [0.15, 0.2) is 0 Å². The number of nitrogens with one attached hydrogen (secondary N) is 1. The highest BCUT2D eigenvalue weighted by Gasteiger charge is 2.34. The van der Waals surface area contributed by atoms with E-state index in [9.17, 15) is 0 Å². The lowest BCUT2D eigenvalue weighted by Crippen LogP contribution is -2.07. The molecule has 2 rings (SSSR count). The van der Waals surface area contributed by atoms with Crippen LogP contribution in [0.4, 0.5) is 0 Å². The largest absolute Gasteiger partial charge is 0.314 e. The molecule has 12 heavy (non-hydrogen) atoms. The topological polar surface area (TPSA) is 48.0 Å². The minimum Gasteiger partial charge on any atom is -0.314 e. The third kappa shape index (κ3) is 1.55. The second-order valence-corrected chi connectivity index (χ2v) is 2.97. The van der Waals surface area contributed by atoms with Crippen LogP contribution in [0.2, 0.25) is 0 Å². The average molecular weight is 160 g/mol. The molecule has 2 atom stereocenters. The molecule has 62 valence electrons. The van der Waals surface area contributed by atoms with Crippen molar-refractivity contribution in [3.05, 3.63) is 48.1 Å². The van der Waals surface area contributed by atoms with Crippen molar-refractivity contribution in [3.8, 4) is 0 Å². The second kappa shape index (κ2) is 3.09. The molecule has 2 unspecified atom stereocenters. The van der Waals surface area contributed by atoms with E-state index < -0.39 is 0 Å². The Labute approximate surface area is 72.1 Å². The lowest BCUT2D eigenvalue weighted by Gasteiger charge is -1.96. The summed E-state index contributed by atoms with van der Waals surface area (Å²) in [5, 5.41) is 3.15. The van der Waals surface area contributed by atoms with Crippen LogP contribution in [0.5, 0.6) is 0 Å². The summed E-state index contributed by atoms with van der Waals surface area (Å²) in [6, 6.07) is 0.359. The highest BCUT2D eigenvalue weighted by Crippen LogP contribution is 2.17. The van der Waals surface area contributed by atoms with Gasteiger partial charge in [0.25, 0.3) is 0 Å². The maximum absolute atomic E-state index is 5.66. The molecule has 1 aliphatic heterocycles. The van der Waals surface area contributed by atoms with Gasteiger partial charge in [0.1, 0.15) is 0 Å². The maximum Gasteiger partial charge on any atom is 0.0753 e. The fourth-order valence-electron chi connectivity index (χ4n) is 1.24. The van der Waals surface area contributed by atoms with Gasteiger partial charge in [0.2, 0.25) is 0 Å². The van der Waals surface area contributed by atoms with Crippen LogP contribution >= 0.6 is 0 Å². The van der Waals surface area contributed by atoms with Gasteiger partial charge >= 0.3 is 0 Å². The highest BCUT2D eigenvalue weighted by atomic mass is 15.2. The van der Waals surface area contributed by atoms with E-state index in [2.05, 4.69) is 17.5 Å². The fourth-order valence-corrected chi connectivity index (χ4v) is 1.24. The minimum atomic E-state index is 0.151. The van der Waals surface area contributed by atoms with Crippen LogP contribution in [0.25, 0.3) is 0 Å². The van der Waals surface area contributed by atoms with Crippen molar-refractivity contribution in [1.82, 2.24) is 5.32 Å². The molecular weight excluding hydrogens is 148 g/mol. The smallest absolute Gasteiger partial charge is 0.0753 e. The number of nitrogens with two attached hydrogens (primary N) is 1. The lowest BCUT2D eigenvalue weighted by molar-refractivity contribution is 1.01. The molecule has 1 saturated heterocycles. The maximum atomic E-state index is 5.66. The van der Waals surface area contributed by atoms with Crippen molar-refractivity contribution < 1.29 is 0 Å². The van der Waals surface area contributed by atoms with E-state index in [0.29, 0.717) is 6.04 Å². The Kier molecular flexibility index (Phi) is 1.94. The van der Waals surface area contributed by atoms with E-state index in [0.717, 1.165) is 0 Å². The van der Waals surface area contributed by atoms with Crippen LogP contribution in [0.15, 0.2) is 48.1 Å². The zero-order valence-corrected chi connectivity index (χ0v) is 6.77. The van der Waals surface area contributed by atoms with Gasteiger partial charge in [-0.25, -0.2) is 0 Å². The molecule has 3 N–H and O–H groups in total. The van der Waals surface area contributed by atoms with Crippen LogP contribution in [-0.4, -0.2) is 12.2 Å². The molecule has 0 spiro atoms. The van der Waals surface area contributed by atoms with Crippen LogP contribution in [-0.2, 0) is 0 Å². The van der Waals surface area contributed by atoms with Gasteiger partial charge in [0.05, 0.1) is 12.2 Å². The Hall–Kier alpha value is -1.12. The molecule has 1 aliphatic carbocycles. The molecule has 0 aromatic rings. The summed E-state index contributed by atoms with van der Waals surface area (Å²) < 4.78 is 0. The van der Waals surface area contributed by atoms with Gasteiger partial charge in [-0.2, -0.15) is 0 Å². The second-order valence-electron chi connectivity index (χ2n) is 2.97. The normalized spacial score (nSPS) is 37.9. The van der Waals surface area contributed by atoms with E-state index in [1.807, 2.05) is 30.4 Å². The third-order valence-electron chi connectivity index (χ3n) is 2.00. The Bertz CT molecular complexity index is 284. The van der Waals surface area contributed by atoms with E-state index in [4.69, 9.17) is 5.73 Å². The monoisotopic (exact) mass is 160 g/mol. The van der Waals surface area contributed by atoms with Crippen LogP contribution in [0, 0.1) is 0 Å². The molecule has 2 nitrogen and oxygen atoms in total. The van der Waals surface area contributed by atoms with Gasteiger partial charge in [-0.15, -0.1) is 0 Å². The molecular formula is C10H12N2. The average Bonchev–Trinajstić information content (AvgIpc) is 2.65. The zero-order valence-electron chi connectivity index (χ0n) is 6.77. The molecule has 2 heteroatoms. The summed E-state index contributed by atoms with van der Waals surface area (Å²) in [7, 11) is 0. The third-order valence-corrected chi connectivity index (χ3v) is 2.00. The quantitative estimate of drug-likeness (QED) is 0.559. The van der Waals surface area contributed by atoms with Crippen molar-refractivity contribution in [2.45, 2.75) is 12.2 Å². The van der Waals surface area contributed by atoms with E-state index in [1.165, 1.54) is 5.57 Å². The Balaban J connectivity index is 2.13. The van der Waals surface area contributed by atoms with Crippen molar-refractivity contribution in [2.75, 3.05) is 0 Å². The molecule has 0 saturated carbocycles. The lowest BCUT2D eigenvalue weighted by atomic mass is 10.1.